The number of aromatic nitrogens is 3. The van der Waals surface area contributed by atoms with Crippen molar-refractivity contribution in [1.29, 1.82) is 0 Å². The molecule has 7 nitrogen and oxygen atoms in total. The number of benzene rings is 1. The minimum atomic E-state index is 0.151. The zero-order chi connectivity index (χ0) is 22.1. The Balaban J connectivity index is 1.61. The van der Waals surface area contributed by atoms with Crippen LogP contribution < -0.4 is 10.6 Å². The molecule has 3 aromatic rings. The van der Waals surface area contributed by atoms with Crippen LogP contribution >= 0.6 is 11.6 Å². The van der Waals surface area contributed by atoms with Gasteiger partial charge in [0.1, 0.15) is 12.1 Å². The molecule has 8 heteroatoms. The highest BCUT2D eigenvalue weighted by molar-refractivity contribution is 6.31. The average molecular weight is 440 g/mol. The van der Waals surface area contributed by atoms with Crippen molar-refractivity contribution in [3.05, 3.63) is 77.5 Å². The van der Waals surface area contributed by atoms with E-state index in [0.717, 1.165) is 41.0 Å². The lowest BCUT2D eigenvalue weighted by molar-refractivity contribution is 0.219. The third-order valence-corrected chi connectivity index (χ3v) is 5.59. The fraction of sp³-hybridized carbons (Fsp3) is 0.348. The van der Waals surface area contributed by atoms with Crippen LogP contribution in [-0.2, 0) is 6.54 Å². The maximum Gasteiger partial charge on any atom is 0.191 e. The first-order chi connectivity index (χ1) is 15.2. The van der Waals surface area contributed by atoms with Crippen molar-refractivity contribution in [3.8, 4) is 5.82 Å². The summed E-state index contributed by atoms with van der Waals surface area (Å²) in [5.74, 6) is 1.58. The number of hydrogen-bond donors (Lipinski definition) is 2. The Morgan fingerprint density at radius 3 is 2.58 bits per heavy atom. The molecule has 31 heavy (non-hydrogen) atoms. The van der Waals surface area contributed by atoms with Crippen LogP contribution in [0.25, 0.3) is 5.82 Å². The molecular weight excluding hydrogens is 410 g/mol. The minimum Gasteiger partial charge on any atom is -0.354 e. The Morgan fingerprint density at radius 2 is 1.97 bits per heavy atom. The molecule has 0 bridgehead atoms. The predicted molar refractivity (Wildman–Crippen MR) is 127 cm³/mol. The normalized spacial score (nSPS) is 12.7. The number of nitrogens with zero attached hydrogens (tertiary/aromatic N) is 5. The molecule has 0 radical (unpaired) electrons. The van der Waals surface area contributed by atoms with E-state index in [-0.39, 0.29) is 6.04 Å². The van der Waals surface area contributed by atoms with Crippen LogP contribution in [0.5, 0.6) is 0 Å². The first-order valence-electron chi connectivity index (χ1n) is 10.5. The van der Waals surface area contributed by atoms with Crippen LogP contribution in [0.4, 0.5) is 0 Å². The van der Waals surface area contributed by atoms with Crippen LogP contribution in [0.3, 0.4) is 0 Å². The SMILES string of the molecule is CCN(CC)C(CNC(=NC)NCc1ccc(-n2ccnc2)nc1)c1ccccc1Cl. The first-order valence-corrected chi connectivity index (χ1v) is 10.9. The molecule has 1 unspecified atom stereocenters. The van der Waals surface area contributed by atoms with E-state index in [1.54, 1.807) is 19.6 Å². The summed E-state index contributed by atoms with van der Waals surface area (Å²) in [4.78, 5) is 15.3. The second kappa shape index (κ2) is 11.5. The molecule has 0 saturated heterocycles. The first kappa shape index (κ1) is 22.8. The molecule has 2 N–H and O–H groups in total. The predicted octanol–water partition coefficient (Wildman–Crippen LogP) is 3.67. The number of pyridine rings is 1. The van der Waals surface area contributed by atoms with Crippen molar-refractivity contribution >= 4 is 17.6 Å². The summed E-state index contributed by atoms with van der Waals surface area (Å²) in [7, 11) is 1.78. The van der Waals surface area contributed by atoms with Gasteiger partial charge in [-0.1, -0.05) is 49.7 Å². The number of aliphatic imine (C=N–C) groups is 1. The van der Waals surface area contributed by atoms with Crippen molar-refractivity contribution in [1.82, 2.24) is 30.1 Å². The van der Waals surface area contributed by atoms with Gasteiger partial charge >= 0.3 is 0 Å². The van der Waals surface area contributed by atoms with Gasteiger partial charge in [-0.25, -0.2) is 9.97 Å². The second-order valence-corrected chi connectivity index (χ2v) is 7.47. The number of likely N-dealkylation sites (N-methyl/N-ethyl adjacent to an activating group) is 1. The molecule has 3 rings (SSSR count). The third kappa shape index (κ3) is 6.06. The zero-order valence-electron chi connectivity index (χ0n) is 18.3. The molecule has 2 heterocycles. The highest BCUT2D eigenvalue weighted by Gasteiger charge is 2.20. The molecule has 1 atom stereocenters. The quantitative estimate of drug-likeness (QED) is 0.393. The fourth-order valence-electron chi connectivity index (χ4n) is 3.51. The second-order valence-electron chi connectivity index (χ2n) is 7.06. The van der Waals surface area contributed by atoms with E-state index < -0.39 is 0 Å². The average Bonchev–Trinajstić information content (AvgIpc) is 3.34. The van der Waals surface area contributed by atoms with E-state index in [9.17, 15) is 0 Å². The minimum absolute atomic E-state index is 0.151. The number of halogens is 1. The molecule has 0 fully saturated rings. The van der Waals surface area contributed by atoms with Crippen LogP contribution in [0.1, 0.15) is 31.0 Å². The van der Waals surface area contributed by atoms with Crippen LogP contribution in [0, 0.1) is 0 Å². The number of rotatable bonds is 9. The molecule has 1 aromatic carbocycles. The summed E-state index contributed by atoms with van der Waals surface area (Å²) in [5.41, 5.74) is 2.19. The number of hydrogen-bond acceptors (Lipinski definition) is 4. The standard InChI is InChI=1S/C23H30ClN7/c1-4-30(5-2)21(19-8-6-7-9-20(19)24)16-29-23(25-3)28-15-18-10-11-22(27-14-18)31-13-12-26-17-31/h6-14,17,21H,4-5,15-16H2,1-3H3,(H2,25,28,29). The molecule has 0 amide bonds. The Labute approximate surface area is 189 Å². The Bertz CT molecular complexity index is 950. The molecule has 0 saturated carbocycles. The van der Waals surface area contributed by atoms with Gasteiger partial charge in [-0.3, -0.25) is 14.5 Å². The van der Waals surface area contributed by atoms with Gasteiger partial charge in [-0.2, -0.15) is 0 Å². The highest BCUT2D eigenvalue weighted by atomic mass is 35.5. The highest BCUT2D eigenvalue weighted by Crippen LogP contribution is 2.26. The van der Waals surface area contributed by atoms with Gasteiger partial charge in [-0.05, 0) is 36.3 Å². The Hall–Kier alpha value is -2.90. The number of nitrogens with one attached hydrogen (secondary N) is 2. The van der Waals surface area contributed by atoms with E-state index in [0.29, 0.717) is 13.1 Å². The summed E-state index contributed by atoms with van der Waals surface area (Å²) in [6.45, 7) is 7.54. The van der Waals surface area contributed by atoms with Gasteiger partial charge in [0.2, 0.25) is 0 Å². The van der Waals surface area contributed by atoms with Crippen molar-refractivity contribution in [2.45, 2.75) is 26.4 Å². The number of imidazole rings is 1. The Kier molecular flexibility index (Phi) is 8.44. The van der Waals surface area contributed by atoms with Gasteiger partial charge < -0.3 is 10.6 Å². The molecule has 2 aromatic heterocycles. The van der Waals surface area contributed by atoms with E-state index in [2.05, 4.69) is 50.4 Å². The van der Waals surface area contributed by atoms with Crippen LogP contribution in [0.15, 0.2) is 66.3 Å². The van der Waals surface area contributed by atoms with Crippen molar-refractivity contribution < 1.29 is 0 Å². The third-order valence-electron chi connectivity index (χ3n) is 5.24. The largest absolute Gasteiger partial charge is 0.354 e. The topological polar surface area (TPSA) is 70.4 Å². The lowest BCUT2D eigenvalue weighted by Gasteiger charge is -2.31. The van der Waals surface area contributed by atoms with E-state index in [4.69, 9.17) is 11.6 Å². The number of guanidine groups is 1. The summed E-state index contributed by atoms with van der Waals surface area (Å²) in [6.07, 6.45) is 7.20. The Morgan fingerprint density at radius 1 is 1.16 bits per heavy atom. The van der Waals surface area contributed by atoms with Gasteiger partial charge in [0.05, 0.1) is 6.04 Å². The summed E-state index contributed by atoms with van der Waals surface area (Å²) >= 11 is 6.50. The van der Waals surface area contributed by atoms with Crippen LogP contribution in [0.2, 0.25) is 5.02 Å². The van der Waals surface area contributed by atoms with Gasteiger partial charge in [0.15, 0.2) is 5.96 Å². The molecule has 0 aliphatic carbocycles. The lowest BCUT2D eigenvalue weighted by Crippen LogP contribution is -2.43. The van der Waals surface area contributed by atoms with Gasteiger partial charge in [0, 0.05) is 43.8 Å². The van der Waals surface area contributed by atoms with Gasteiger partial charge in [0.25, 0.3) is 0 Å². The fourth-order valence-corrected chi connectivity index (χ4v) is 3.78. The molecule has 164 valence electrons. The van der Waals surface area contributed by atoms with Crippen LogP contribution in [-0.4, -0.2) is 52.1 Å². The molecule has 0 spiro atoms. The lowest BCUT2D eigenvalue weighted by atomic mass is 10.0. The zero-order valence-corrected chi connectivity index (χ0v) is 19.0. The molecular formula is C23H30ClN7. The van der Waals surface area contributed by atoms with E-state index in [1.165, 1.54) is 0 Å². The van der Waals surface area contributed by atoms with Crippen molar-refractivity contribution in [3.63, 3.8) is 0 Å². The summed E-state index contributed by atoms with van der Waals surface area (Å²) < 4.78 is 1.87. The van der Waals surface area contributed by atoms with Gasteiger partial charge in [-0.15, -0.1) is 0 Å². The molecule has 0 aliphatic rings. The maximum absolute atomic E-state index is 6.50. The summed E-state index contributed by atoms with van der Waals surface area (Å²) in [5, 5.41) is 7.60. The summed E-state index contributed by atoms with van der Waals surface area (Å²) in [6, 6.07) is 12.2. The monoisotopic (exact) mass is 439 g/mol. The van der Waals surface area contributed by atoms with E-state index in [1.807, 2.05) is 47.3 Å². The van der Waals surface area contributed by atoms with Crippen molar-refractivity contribution in [2.24, 2.45) is 4.99 Å². The van der Waals surface area contributed by atoms with E-state index >= 15 is 0 Å². The van der Waals surface area contributed by atoms with Crippen molar-refractivity contribution in [2.75, 3.05) is 26.7 Å². The smallest absolute Gasteiger partial charge is 0.191 e. The maximum atomic E-state index is 6.50. The molecule has 0 aliphatic heterocycles.